The Morgan fingerprint density at radius 2 is 2.35 bits per heavy atom. The predicted molar refractivity (Wildman–Crippen MR) is 68.0 cm³/mol. The number of nitrogens with one attached hydrogen (secondary N) is 2. The van der Waals surface area contributed by atoms with Gasteiger partial charge in [0.2, 0.25) is 0 Å². The van der Waals surface area contributed by atoms with Gasteiger partial charge in [-0.15, -0.1) is 0 Å². The van der Waals surface area contributed by atoms with Crippen molar-refractivity contribution in [1.82, 2.24) is 10.3 Å². The lowest BCUT2D eigenvalue weighted by Gasteiger charge is -2.04. The number of aromatic amines is 1. The highest BCUT2D eigenvalue weighted by atomic mass is 16.1. The monoisotopic (exact) mass is 228 g/mol. The van der Waals surface area contributed by atoms with Crippen molar-refractivity contribution in [2.45, 2.75) is 25.8 Å². The van der Waals surface area contributed by atoms with Crippen LogP contribution in [0.3, 0.4) is 0 Å². The van der Waals surface area contributed by atoms with E-state index in [1.54, 1.807) is 0 Å². The molecule has 88 valence electrons. The van der Waals surface area contributed by atoms with Crippen LogP contribution in [0.2, 0.25) is 0 Å². The van der Waals surface area contributed by atoms with Gasteiger partial charge in [0.15, 0.2) is 0 Å². The van der Waals surface area contributed by atoms with Crippen LogP contribution in [0.1, 0.15) is 30.1 Å². The van der Waals surface area contributed by atoms with Gasteiger partial charge in [0, 0.05) is 23.3 Å². The van der Waals surface area contributed by atoms with E-state index in [0.717, 1.165) is 29.3 Å². The molecule has 2 atom stereocenters. The van der Waals surface area contributed by atoms with Gasteiger partial charge in [-0.3, -0.25) is 4.79 Å². The molecule has 3 nitrogen and oxygen atoms in total. The second-order valence-electron chi connectivity index (χ2n) is 4.76. The van der Waals surface area contributed by atoms with Crippen molar-refractivity contribution in [2.75, 3.05) is 0 Å². The molecule has 2 N–H and O–H groups in total. The van der Waals surface area contributed by atoms with Crippen LogP contribution in [0.25, 0.3) is 10.9 Å². The summed E-state index contributed by atoms with van der Waals surface area (Å²) < 4.78 is 0. The van der Waals surface area contributed by atoms with E-state index in [1.165, 1.54) is 0 Å². The van der Waals surface area contributed by atoms with Crippen LogP contribution in [0.4, 0.5) is 0 Å². The van der Waals surface area contributed by atoms with E-state index in [0.29, 0.717) is 12.0 Å². The summed E-state index contributed by atoms with van der Waals surface area (Å²) in [5.41, 5.74) is 1.75. The molecule has 0 bridgehead atoms. The topological polar surface area (TPSA) is 44.9 Å². The lowest BCUT2D eigenvalue weighted by Crippen LogP contribution is -2.26. The number of aromatic nitrogens is 1. The SMILES string of the molecule is CCC1CC1NC(=O)c1ccc2cc[nH]c2c1. The van der Waals surface area contributed by atoms with Gasteiger partial charge in [0.1, 0.15) is 0 Å². The van der Waals surface area contributed by atoms with Gasteiger partial charge in [-0.1, -0.05) is 19.4 Å². The fraction of sp³-hybridized carbons (Fsp3) is 0.357. The maximum Gasteiger partial charge on any atom is 0.251 e. The summed E-state index contributed by atoms with van der Waals surface area (Å²) in [6.07, 6.45) is 4.17. The standard InChI is InChI=1S/C14H16N2O/c1-2-9-7-13(9)16-14(17)11-4-3-10-5-6-15-12(10)8-11/h3-6,8-9,13,15H,2,7H2,1H3,(H,16,17). The second kappa shape index (κ2) is 3.91. The highest BCUT2D eigenvalue weighted by Crippen LogP contribution is 2.33. The summed E-state index contributed by atoms with van der Waals surface area (Å²) >= 11 is 0. The zero-order valence-electron chi connectivity index (χ0n) is 9.86. The van der Waals surface area contributed by atoms with Gasteiger partial charge in [-0.05, 0) is 35.9 Å². The molecule has 1 saturated carbocycles. The molecule has 3 rings (SSSR count). The minimum atomic E-state index is 0.0439. The predicted octanol–water partition coefficient (Wildman–Crippen LogP) is 2.70. The third-order valence-electron chi connectivity index (χ3n) is 3.58. The first-order valence-electron chi connectivity index (χ1n) is 6.16. The smallest absolute Gasteiger partial charge is 0.251 e. The average molecular weight is 228 g/mol. The van der Waals surface area contributed by atoms with Crippen LogP contribution in [-0.4, -0.2) is 16.9 Å². The van der Waals surface area contributed by atoms with Crippen LogP contribution in [-0.2, 0) is 0 Å². The number of benzene rings is 1. The van der Waals surface area contributed by atoms with Crippen LogP contribution >= 0.6 is 0 Å². The fourth-order valence-corrected chi connectivity index (χ4v) is 2.32. The summed E-state index contributed by atoms with van der Waals surface area (Å²) in [6, 6.07) is 8.17. The minimum absolute atomic E-state index is 0.0439. The van der Waals surface area contributed by atoms with Crippen molar-refractivity contribution in [3.05, 3.63) is 36.0 Å². The molecule has 1 fully saturated rings. The Hall–Kier alpha value is -1.77. The molecule has 17 heavy (non-hydrogen) atoms. The van der Waals surface area contributed by atoms with E-state index in [9.17, 15) is 4.79 Å². The first kappa shape index (κ1) is 10.4. The van der Waals surface area contributed by atoms with Gasteiger partial charge in [-0.2, -0.15) is 0 Å². The highest BCUT2D eigenvalue weighted by molar-refractivity contribution is 5.98. The Morgan fingerprint density at radius 1 is 1.47 bits per heavy atom. The van der Waals surface area contributed by atoms with Gasteiger partial charge >= 0.3 is 0 Å². The summed E-state index contributed by atoms with van der Waals surface area (Å²) in [4.78, 5) is 15.1. The summed E-state index contributed by atoms with van der Waals surface area (Å²) in [5.74, 6) is 0.732. The zero-order valence-corrected chi connectivity index (χ0v) is 9.86. The summed E-state index contributed by atoms with van der Waals surface area (Å²) in [7, 11) is 0. The molecule has 3 heteroatoms. The van der Waals surface area contributed by atoms with E-state index in [4.69, 9.17) is 0 Å². The molecule has 1 aromatic heterocycles. The van der Waals surface area contributed by atoms with Crippen molar-refractivity contribution in [1.29, 1.82) is 0 Å². The van der Waals surface area contributed by atoms with Crippen LogP contribution in [0, 0.1) is 5.92 Å². The first-order valence-corrected chi connectivity index (χ1v) is 6.16. The lowest BCUT2D eigenvalue weighted by molar-refractivity contribution is 0.0949. The molecule has 1 aliphatic rings. The number of hydrogen-bond acceptors (Lipinski definition) is 1. The van der Waals surface area contributed by atoms with Crippen LogP contribution < -0.4 is 5.32 Å². The zero-order chi connectivity index (χ0) is 11.8. The molecule has 1 amide bonds. The molecule has 2 unspecified atom stereocenters. The molecule has 0 radical (unpaired) electrons. The van der Waals surface area contributed by atoms with Crippen molar-refractivity contribution in [2.24, 2.45) is 5.92 Å². The van der Waals surface area contributed by atoms with Gasteiger partial charge < -0.3 is 10.3 Å². The number of rotatable bonds is 3. The van der Waals surface area contributed by atoms with Crippen molar-refractivity contribution >= 4 is 16.8 Å². The molecule has 0 spiro atoms. The van der Waals surface area contributed by atoms with Crippen LogP contribution in [0.5, 0.6) is 0 Å². The van der Waals surface area contributed by atoms with Crippen molar-refractivity contribution in [3.8, 4) is 0 Å². The molecular weight excluding hydrogens is 212 g/mol. The van der Waals surface area contributed by atoms with Crippen LogP contribution in [0.15, 0.2) is 30.5 Å². The maximum absolute atomic E-state index is 12.0. The van der Waals surface area contributed by atoms with E-state index in [-0.39, 0.29) is 5.91 Å². The lowest BCUT2D eigenvalue weighted by atomic mass is 10.1. The normalized spacial score (nSPS) is 22.6. The third kappa shape index (κ3) is 1.93. The third-order valence-corrected chi connectivity index (χ3v) is 3.58. The van der Waals surface area contributed by atoms with E-state index in [1.807, 2.05) is 30.5 Å². The van der Waals surface area contributed by atoms with Gasteiger partial charge in [0.05, 0.1) is 0 Å². The van der Waals surface area contributed by atoms with E-state index >= 15 is 0 Å². The Bertz CT molecular complexity index is 558. The number of amides is 1. The highest BCUT2D eigenvalue weighted by Gasteiger charge is 2.36. The molecule has 2 aromatic rings. The van der Waals surface area contributed by atoms with E-state index < -0.39 is 0 Å². The molecule has 1 aliphatic carbocycles. The van der Waals surface area contributed by atoms with Crippen molar-refractivity contribution < 1.29 is 4.79 Å². The maximum atomic E-state index is 12.0. The van der Waals surface area contributed by atoms with Gasteiger partial charge in [-0.25, -0.2) is 0 Å². The molecule has 0 saturated heterocycles. The first-order chi connectivity index (χ1) is 8.28. The number of H-pyrrole nitrogens is 1. The molecule has 1 aromatic carbocycles. The Morgan fingerprint density at radius 3 is 3.12 bits per heavy atom. The number of carbonyl (C=O) groups excluding carboxylic acids is 1. The number of fused-ring (bicyclic) bond motifs is 1. The molecular formula is C14H16N2O. The van der Waals surface area contributed by atoms with Gasteiger partial charge in [0.25, 0.3) is 5.91 Å². The summed E-state index contributed by atoms with van der Waals surface area (Å²) in [5, 5.41) is 4.21. The molecule has 0 aliphatic heterocycles. The number of carbonyl (C=O) groups is 1. The Kier molecular flexibility index (Phi) is 2.39. The minimum Gasteiger partial charge on any atom is -0.361 e. The quantitative estimate of drug-likeness (QED) is 0.833. The van der Waals surface area contributed by atoms with E-state index in [2.05, 4.69) is 17.2 Å². The summed E-state index contributed by atoms with van der Waals surface area (Å²) in [6.45, 7) is 2.17. The average Bonchev–Trinajstić information content (AvgIpc) is 2.92. The van der Waals surface area contributed by atoms with Crippen molar-refractivity contribution in [3.63, 3.8) is 0 Å². The largest absolute Gasteiger partial charge is 0.361 e. The Labute approximate surface area is 100 Å². The Balaban J connectivity index is 1.76. The molecule has 1 heterocycles. The second-order valence-corrected chi connectivity index (χ2v) is 4.76. The number of hydrogen-bond donors (Lipinski definition) is 2. The fourth-order valence-electron chi connectivity index (χ4n) is 2.32.